The van der Waals surface area contributed by atoms with Gasteiger partial charge in [-0.3, -0.25) is 9.36 Å². The maximum absolute atomic E-state index is 12.2. The van der Waals surface area contributed by atoms with E-state index in [2.05, 4.69) is 10.3 Å². The molecule has 1 aliphatic heterocycles. The quantitative estimate of drug-likeness (QED) is 0.770. The average molecular weight is 342 g/mol. The largest absolute Gasteiger partial charge is 0.353 e. The molecule has 9 heteroatoms. The number of hydrogen-bond donors (Lipinski definition) is 1. The molecule has 2 heterocycles. The number of aromatic nitrogens is 2. The summed E-state index contributed by atoms with van der Waals surface area (Å²) in [6.45, 7) is 4.48. The molecule has 0 saturated carbocycles. The van der Waals surface area contributed by atoms with Crippen LogP contribution >= 0.6 is 0 Å². The van der Waals surface area contributed by atoms with E-state index >= 15 is 0 Å². The third-order valence-corrected chi connectivity index (χ3v) is 5.20. The van der Waals surface area contributed by atoms with E-state index in [4.69, 9.17) is 0 Å². The molecule has 0 unspecified atom stereocenters. The van der Waals surface area contributed by atoms with Gasteiger partial charge in [-0.05, 0) is 32.8 Å². The van der Waals surface area contributed by atoms with E-state index in [1.807, 2.05) is 0 Å². The fourth-order valence-electron chi connectivity index (χ4n) is 2.85. The maximum atomic E-state index is 12.2. The van der Waals surface area contributed by atoms with Crippen molar-refractivity contribution in [2.45, 2.75) is 39.3 Å². The van der Waals surface area contributed by atoms with Gasteiger partial charge in [0.1, 0.15) is 6.04 Å². The number of rotatable bonds is 5. The zero-order valence-corrected chi connectivity index (χ0v) is 14.4. The molecule has 23 heavy (non-hydrogen) atoms. The van der Waals surface area contributed by atoms with Crippen molar-refractivity contribution in [3.8, 4) is 0 Å². The molecule has 0 spiro atoms. The van der Waals surface area contributed by atoms with Crippen molar-refractivity contribution >= 4 is 15.9 Å². The summed E-state index contributed by atoms with van der Waals surface area (Å²) in [6.07, 6.45) is 2.30. The van der Waals surface area contributed by atoms with Crippen LogP contribution in [0.1, 0.15) is 24.2 Å². The summed E-state index contributed by atoms with van der Waals surface area (Å²) in [5, 5.41) is 2.71. The molecule has 1 aromatic rings. The maximum Gasteiger partial charge on any atom is 0.348 e. The topological polar surface area (TPSA) is 101 Å². The normalized spacial score (nSPS) is 19.0. The van der Waals surface area contributed by atoms with Crippen LogP contribution in [0.5, 0.6) is 0 Å². The highest BCUT2D eigenvalue weighted by molar-refractivity contribution is 7.88. The summed E-state index contributed by atoms with van der Waals surface area (Å²) in [4.78, 5) is 27.9. The van der Waals surface area contributed by atoms with Gasteiger partial charge in [0.05, 0.1) is 6.26 Å². The Hall–Kier alpha value is -1.74. The molecule has 1 amide bonds. The Kier molecular flexibility index (Phi) is 5.20. The van der Waals surface area contributed by atoms with Gasteiger partial charge in [-0.2, -0.15) is 9.29 Å². The standard InChI is InChI=1S/C14H22N4O4S/c1-10-9-11(2)17(14(20)16-10)8-6-15-13(19)12-5-4-7-18(12)23(3,21)22/h9,12H,4-8H2,1-3H3,(H,15,19)/t12-/m0/s1. The summed E-state index contributed by atoms with van der Waals surface area (Å²) >= 11 is 0. The van der Waals surface area contributed by atoms with Gasteiger partial charge in [-0.1, -0.05) is 0 Å². The zero-order valence-electron chi connectivity index (χ0n) is 13.6. The molecule has 1 saturated heterocycles. The number of carbonyl (C=O) groups excluding carboxylic acids is 1. The number of carbonyl (C=O) groups is 1. The Balaban J connectivity index is 1.97. The Labute approximate surface area is 135 Å². The number of sulfonamides is 1. The summed E-state index contributed by atoms with van der Waals surface area (Å²) in [5.74, 6) is -0.321. The van der Waals surface area contributed by atoms with E-state index in [0.29, 0.717) is 31.6 Å². The van der Waals surface area contributed by atoms with Gasteiger partial charge in [0.25, 0.3) is 0 Å². The van der Waals surface area contributed by atoms with Crippen molar-refractivity contribution < 1.29 is 13.2 Å². The molecule has 1 aliphatic rings. The minimum Gasteiger partial charge on any atom is -0.353 e. The lowest BCUT2D eigenvalue weighted by Gasteiger charge is -2.21. The molecule has 1 N–H and O–H groups in total. The SMILES string of the molecule is Cc1cc(C)n(CCNC(=O)[C@@H]2CCCN2S(C)(=O)=O)c(=O)n1. The average Bonchev–Trinajstić information content (AvgIpc) is 2.90. The summed E-state index contributed by atoms with van der Waals surface area (Å²) in [5.41, 5.74) is 1.08. The fraction of sp³-hybridized carbons (Fsp3) is 0.643. The van der Waals surface area contributed by atoms with E-state index in [-0.39, 0.29) is 18.1 Å². The minimum atomic E-state index is -3.38. The van der Waals surface area contributed by atoms with Crippen molar-refractivity contribution in [3.63, 3.8) is 0 Å². The van der Waals surface area contributed by atoms with Gasteiger partial charge in [0.15, 0.2) is 0 Å². The van der Waals surface area contributed by atoms with E-state index in [0.717, 1.165) is 11.9 Å². The number of amides is 1. The molecule has 8 nitrogen and oxygen atoms in total. The second-order valence-corrected chi connectivity index (χ2v) is 7.73. The van der Waals surface area contributed by atoms with Crippen molar-refractivity contribution in [3.05, 3.63) is 27.9 Å². The zero-order chi connectivity index (χ0) is 17.2. The van der Waals surface area contributed by atoms with Crippen molar-refractivity contribution in [1.82, 2.24) is 19.2 Å². The molecule has 0 bridgehead atoms. The minimum absolute atomic E-state index is 0.248. The van der Waals surface area contributed by atoms with Gasteiger partial charge in [-0.15, -0.1) is 0 Å². The van der Waals surface area contributed by atoms with E-state index in [1.54, 1.807) is 19.9 Å². The first-order valence-corrected chi connectivity index (χ1v) is 9.34. The Bertz CT molecular complexity index is 757. The highest BCUT2D eigenvalue weighted by Crippen LogP contribution is 2.20. The summed E-state index contributed by atoms with van der Waals surface area (Å²) in [6, 6.07) is 1.14. The van der Waals surface area contributed by atoms with Gasteiger partial charge in [0.2, 0.25) is 15.9 Å². The third kappa shape index (κ3) is 4.17. The smallest absolute Gasteiger partial charge is 0.348 e. The molecular weight excluding hydrogens is 320 g/mol. The molecule has 128 valence electrons. The predicted molar refractivity (Wildman–Crippen MR) is 85.6 cm³/mol. The van der Waals surface area contributed by atoms with Crippen LogP contribution in [0.3, 0.4) is 0 Å². The fourth-order valence-corrected chi connectivity index (χ4v) is 3.98. The summed E-state index contributed by atoms with van der Waals surface area (Å²) < 4.78 is 26.0. The van der Waals surface area contributed by atoms with Gasteiger partial charge >= 0.3 is 5.69 Å². The van der Waals surface area contributed by atoms with Crippen molar-refractivity contribution in [1.29, 1.82) is 0 Å². The highest BCUT2D eigenvalue weighted by Gasteiger charge is 2.36. The molecule has 2 rings (SSSR count). The first-order chi connectivity index (χ1) is 10.7. The van der Waals surface area contributed by atoms with Crippen LogP contribution in [0.15, 0.2) is 10.9 Å². The third-order valence-electron chi connectivity index (χ3n) is 3.91. The van der Waals surface area contributed by atoms with E-state index in [9.17, 15) is 18.0 Å². The molecule has 0 radical (unpaired) electrons. The Morgan fingerprint density at radius 2 is 2.13 bits per heavy atom. The van der Waals surface area contributed by atoms with E-state index in [1.165, 1.54) is 8.87 Å². The van der Waals surface area contributed by atoms with Crippen LogP contribution in [-0.2, 0) is 21.4 Å². The summed E-state index contributed by atoms with van der Waals surface area (Å²) in [7, 11) is -3.38. The molecule has 1 aromatic heterocycles. The number of aryl methyl sites for hydroxylation is 2. The number of hydrogen-bond acceptors (Lipinski definition) is 5. The van der Waals surface area contributed by atoms with Crippen LogP contribution in [0.2, 0.25) is 0 Å². The lowest BCUT2D eigenvalue weighted by atomic mass is 10.2. The second kappa shape index (κ2) is 6.79. The van der Waals surface area contributed by atoms with Crippen LogP contribution in [-0.4, -0.2) is 53.6 Å². The van der Waals surface area contributed by atoms with Crippen LogP contribution in [0.25, 0.3) is 0 Å². The first kappa shape index (κ1) is 17.6. The molecule has 1 atom stereocenters. The van der Waals surface area contributed by atoms with Crippen molar-refractivity contribution in [2.75, 3.05) is 19.3 Å². The van der Waals surface area contributed by atoms with Crippen LogP contribution in [0, 0.1) is 13.8 Å². The number of nitrogens with zero attached hydrogens (tertiary/aromatic N) is 3. The molecule has 0 aromatic carbocycles. The van der Waals surface area contributed by atoms with Crippen molar-refractivity contribution in [2.24, 2.45) is 0 Å². The van der Waals surface area contributed by atoms with E-state index < -0.39 is 16.1 Å². The lowest BCUT2D eigenvalue weighted by molar-refractivity contribution is -0.124. The van der Waals surface area contributed by atoms with Gasteiger partial charge in [0, 0.05) is 31.0 Å². The lowest BCUT2D eigenvalue weighted by Crippen LogP contribution is -2.46. The molecule has 0 aliphatic carbocycles. The Morgan fingerprint density at radius 1 is 1.43 bits per heavy atom. The molecular formula is C14H22N4O4S. The van der Waals surface area contributed by atoms with Gasteiger partial charge < -0.3 is 5.32 Å². The second-order valence-electron chi connectivity index (χ2n) is 5.80. The van der Waals surface area contributed by atoms with Gasteiger partial charge in [-0.25, -0.2) is 13.2 Å². The molecule has 1 fully saturated rings. The Morgan fingerprint density at radius 3 is 2.74 bits per heavy atom. The first-order valence-electron chi connectivity index (χ1n) is 7.50. The highest BCUT2D eigenvalue weighted by atomic mass is 32.2. The van der Waals surface area contributed by atoms with Crippen LogP contribution < -0.4 is 11.0 Å². The van der Waals surface area contributed by atoms with Crippen LogP contribution in [0.4, 0.5) is 0 Å². The predicted octanol–water partition coefficient (Wildman–Crippen LogP) is -0.600. The monoisotopic (exact) mass is 342 g/mol. The number of nitrogens with one attached hydrogen (secondary N) is 1.